The molecule has 0 aromatic rings. The van der Waals surface area contributed by atoms with Gasteiger partial charge in [-0.2, -0.15) is 0 Å². The van der Waals surface area contributed by atoms with E-state index < -0.39 is 17.6 Å². The average molecular weight is 201 g/mol. The number of esters is 1. The van der Waals surface area contributed by atoms with Crippen molar-refractivity contribution in [2.45, 2.75) is 38.9 Å². The van der Waals surface area contributed by atoms with E-state index in [2.05, 4.69) is 5.32 Å². The van der Waals surface area contributed by atoms with Crippen LogP contribution in [0.2, 0.25) is 0 Å². The minimum Gasteiger partial charge on any atom is -0.460 e. The van der Waals surface area contributed by atoms with Crippen LogP contribution in [-0.4, -0.2) is 35.9 Å². The maximum Gasteiger partial charge on any atom is 0.313 e. The highest BCUT2D eigenvalue weighted by Crippen LogP contribution is 2.17. The number of carbonyl (C=O) groups excluding carboxylic acids is 1. The van der Waals surface area contributed by atoms with Crippen LogP contribution in [0.15, 0.2) is 0 Å². The van der Waals surface area contributed by atoms with Gasteiger partial charge >= 0.3 is 5.97 Å². The summed E-state index contributed by atoms with van der Waals surface area (Å²) in [6.45, 7) is 6.76. The molecule has 14 heavy (non-hydrogen) atoms. The number of ether oxygens (including phenoxy) is 1. The van der Waals surface area contributed by atoms with Crippen molar-refractivity contribution in [2.75, 3.05) is 13.1 Å². The molecule has 0 amide bonds. The van der Waals surface area contributed by atoms with Crippen LogP contribution in [0.3, 0.4) is 0 Å². The first-order valence-corrected chi connectivity index (χ1v) is 5.02. The molecule has 1 rings (SSSR count). The molecule has 1 saturated heterocycles. The Morgan fingerprint density at radius 2 is 2.14 bits per heavy atom. The highest BCUT2D eigenvalue weighted by Gasteiger charge is 2.32. The average Bonchev–Trinajstić information content (AvgIpc) is 2.01. The highest BCUT2D eigenvalue weighted by molar-refractivity contribution is 5.74. The van der Waals surface area contributed by atoms with Gasteiger partial charge in [0.25, 0.3) is 0 Å². The molecule has 0 aromatic carbocycles. The lowest BCUT2D eigenvalue weighted by molar-refractivity contribution is -0.164. The van der Waals surface area contributed by atoms with Gasteiger partial charge in [0.15, 0.2) is 0 Å². The third kappa shape index (κ3) is 3.27. The SMILES string of the molecule is CC(C)(C)OC(=O)C1CNCCC1O. The molecule has 4 nitrogen and oxygen atoms in total. The molecule has 1 heterocycles. The number of hydrogen-bond acceptors (Lipinski definition) is 4. The van der Waals surface area contributed by atoms with Gasteiger partial charge < -0.3 is 15.2 Å². The summed E-state index contributed by atoms with van der Waals surface area (Å²) in [5.74, 6) is -0.722. The number of aliphatic hydroxyl groups excluding tert-OH is 1. The summed E-state index contributed by atoms with van der Waals surface area (Å²) in [6, 6.07) is 0. The summed E-state index contributed by atoms with van der Waals surface area (Å²) in [4.78, 5) is 11.6. The minimum absolute atomic E-state index is 0.308. The third-order valence-corrected chi connectivity index (χ3v) is 2.16. The Bertz CT molecular complexity index is 210. The van der Waals surface area contributed by atoms with Crippen molar-refractivity contribution in [1.29, 1.82) is 0 Å². The lowest BCUT2D eigenvalue weighted by atomic mass is 9.96. The molecule has 2 atom stereocenters. The summed E-state index contributed by atoms with van der Waals surface area (Å²) in [7, 11) is 0. The quantitative estimate of drug-likeness (QED) is 0.599. The molecule has 4 heteroatoms. The first kappa shape index (κ1) is 11.5. The number of aliphatic hydroxyl groups is 1. The van der Waals surface area contributed by atoms with Gasteiger partial charge in [-0.05, 0) is 33.7 Å². The smallest absolute Gasteiger partial charge is 0.313 e. The standard InChI is InChI=1S/C10H19NO3/c1-10(2,3)14-9(13)7-6-11-5-4-8(7)12/h7-8,11-12H,4-6H2,1-3H3. The van der Waals surface area contributed by atoms with E-state index in [1.165, 1.54) is 0 Å². The summed E-state index contributed by atoms with van der Waals surface area (Å²) in [5.41, 5.74) is -0.478. The summed E-state index contributed by atoms with van der Waals surface area (Å²) in [6.07, 6.45) is 0.0512. The van der Waals surface area contributed by atoms with Crippen molar-refractivity contribution >= 4 is 5.97 Å². The fourth-order valence-electron chi connectivity index (χ4n) is 1.46. The van der Waals surface area contributed by atoms with Crippen LogP contribution < -0.4 is 5.32 Å². The molecule has 1 fully saturated rings. The number of hydrogen-bond donors (Lipinski definition) is 2. The van der Waals surface area contributed by atoms with Gasteiger partial charge in [0, 0.05) is 6.54 Å². The lowest BCUT2D eigenvalue weighted by Crippen LogP contribution is -2.46. The molecule has 2 unspecified atom stereocenters. The lowest BCUT2D eigenvalue weighted by Gasteiger charge is -2.29. The molecule has 2 N–H and O–H groups in total. The third-order valence-electron chi connectivity index (χ3n) is 2.16. The Morgan fingerprint density at radius 3 is 2.64 bits per heavy atom. The van der Waals surface area contributed by atoms with E-state index in [9.17, 15) is 9.90 Å². The van der Waals surface area contributed by atoms with Crippen LogP contribution in [-0.2, 0) is 9.53 Å². The van der Waals surface area contributed by atoms with E-state index in [0.29, 0.717) is 13.0 Å². The first-order chi connectivity index (χ1) is 6.40. The van der Waals surface area contributed by atoms with Crippen molar-refractivity contribution in [3.63, 3.8) is 0 Å². The zero-order chi connectivity index (χ0) is 10.8. The molecule has 0 aromatic heterocycles. The van der Waals surface area contributed by atoms with E-state index >= 15 is 0 Å². The van der Waals surface area contributed by atoms with E-state index in [-0.39, 0.29) is 5.97 Å². The zero-order valence-electron chi connectivity index (χ0n) is 9.04. The number of nitrogens with one attached hydrogen (secondary N) is 1. The fraction of sp³-hybridized carbons (Fsp3) is 0.900. The van der Waals surface area contributed by atoms with Crippen LogP contribution in [0.25, 0.3) is 0 Å². The maximum absolute atomic E-state index is 11.6. The molecular weight excluding hydrogens is 182 g/mol. The second-order valence-electron chi connectivity index (χ2n) is 4.70. The van der Waals surface area contributed by atoms with Crippen LogP contribution in [0.5, 0.6) is 0 Å². The van der Waals surface area contributed by atoms with Gasteiger partial charge in [0.2, 0.25) is 0 Å². The van der Waals surface area contributed by atoms with Gasteiger partial charge in [0.1, 0.15) is 5.60 Å². The van der Waals surface area contributed by atoms with E-state index in [4.69, 9.17) is 4.74 Å². The van der Waals surface area contributed by atoms with Crippen LogP contribution in [0.4, 0.5) is 0 Å². The van der Waals surface area contributed by atoms with Gasteiger partial charge in [-0.25, -0.2) is 0 Å². The molecular formula is C10H19NO3. The largest absolute Gasteiger partial charge is 0.460 e. The van der Waals surface area contributed by atoms with Crippen molar-refractivity contribution < 1.29 is 14.6 Å². The zero-order valence-corrected chi connectivity index (χ0v) is 9.04. The Kier molecular flexibility index (Phi) is 3.50. The molecule has 0 aliphatic carbocycles. The van der Waals surface area contributed by atoms with Gasteiger partial charge in [-0.3, -0.25) is 4.79 Å². The van der Waals surface area contributed by atoms with Crippen molar-refractivity contribution in [2.24, 2.45) is 5.92 Å². The molecule has 0 bridgehead atoms. The first-order valence-electron chi connectivity index (χ1n) is 5.02. The van der Waals surface area contributed by atoms with Crippen molar-refractivity contribution in [1.82, 2.24) is 5.32 Å². The van der Waals surface area contributed by atoms with Gasteiger partial charge in [0.05, 0.1) is 12.0 Å². The number of rotatable bonds is 1. The Hall–Kier alpha value is -0.610. The predicted octanol–water partition coefficient (Wildman–Crippen LogP) is 0.298. The summed E-state index contributed by atoms with van der Waals surface area (Å²) >= 11 is 0. The molecule has 1 aliphatic heterocycles. The Balaban J connectivity index is 2.50. The van der Waals surface area contributed by atoms with Crippen LogP contribution >= 0.6 is 0 Å². The van der Waals surface area contributed by atoms with E-state index in [0.717, 1.165) is 6.54 Å². The topological polar surface area (TPSA) is 58.6 Å². The fourth-order valence-corrected chi connectivity index (χ4v) is 1.46. The second-order valence-corrected chi connectivity index (χ2v) is 4.70. The summed E-state index contributed by atoms with van der Waals surface area (Å²) < 4.78 is 5.21. The molecule has 0 radical (unpaired) electrons. The summed E-state index contributed by atoms with van der Waals surface area (Å²) in [5, 5.41) is 12.7. The maximum atomic E-state index is 11.6. The predicted molar refractivity (Wildman–Crippen MR) is 52.8 cm³/mol. The molecule has 82 valence electrons. The van der Waals surface area contributed by atoms with E-state index in [1.807, 2.05) is 20.8 Å². The molecule has 1 aliphatic rings. The Labute approximate surface area is 84.6 Å². The van der Waals surface area contributed by atoms with Crippen LogP contribution in [0, 0.1) is 5.92 Å². The minimum atomic E-state index is -0.564. The van der Waals surface area contributed by atoms with Gasteiger partial charge in [-0.1, -0.05) is 0 Å². The monoisotopic (exact) mass is 201 g/mol. The highest BCUT2D eigenvalue weighted by atomic mass is 16.6. The van der Waals surface area contributed by atoms with Gasteiger partial charge in [-0.15, -0.1) is 0 Å². The normalized spacial score (nSPS) is 28.6. The second kappa shape index (κ2) is 4.28. The number of carbonyl (C=O) groups is 1. The van der Waals surface area contributed by atoms with Crippen LogP contribution in [0.1, 0.15) is 27.2 Å². The number of piperidine rings is 1. The Morgan fingerprint density at radius 1 is 1.50 bits per heavy atom. The van der Waals surface area contributed by atoms with Crippen molar-refractivity contribution in [3.8, 4) is 0 Å². The van der Waals surface area contributed by atoms with Crippen molar-refractivity contribution in [3.05, 3.63) is 0 Å². The van der Waals surface area contributed by atoms with E-state index in [1.54, 1.807) is 0 Å². The molecule has 0 spiro atoms. The molecule has 0 saturated carbocycles.